The van der Waals surface area contributed by atoms with Crippen molar-refractivity contribution in [3.8, 4) is 23.0 Å². The number of hydrogen-bond donors (Lipinski definition) is 0. The van der Waals surface area contributed by atoms with Gasteiger partial charge in [0.2, 0.25) is 0 Å². The molecule has 1 atom stereocenters. The average molecular weight is 366 g/mol. The maximum absolute atomic E-state index is 12.7. The Bertz CT molecular complexity index is 949. The second-order valence-corrected chi connectivity index (χ2v) is 5.91. The molecule has 1 nitrogen and oxygen atoms in total. The van der Waals surface area contributed by atoms with Gasteiger partial charge in [-0.1, -0.05) is 66.4 Å². The standard InChI is InChI=1S/C23H17F3O/c1-27-22(16-13-17-11-14-19(15-12-17)23(24,25)26)21-10-6-5-9-20(21)18-7-3-2-4-8-18/h2-12,14-15,22H,1H3. The van der Waals surface area contributed by atoms with E-state index in [1.807, 2.05) is 54.6 Å². The molecule has 0 aliphatic rings. The number of alkyl halides is 3. The maximum atomic E-state index is 12.7. The molecule has 0 bridgehead atoms. The van der Waals surface area contributed by atoms with Gasteiger partial charge in [-0.05, 0) is 35.4 Å². The summed E-state index contributed by atoms with van der Waals surface area (Å²) in [7, 11) is 1.56. The highest BCUT2D eigenvalue weighted by Gasteiger charge is 2.29. The number of halogens is 3. The van der Waals surface area contributed by atoms with E-state index < -0.39 is 17.8 Å². The first-order valence-electron chi connectivity index (χ1n) is 8.35. The molecule has 0 spiro atoms. The zero-order valence-electron chi connectivity index (χ0n) is 14.6. The van der Waals surface area contributed by atoms with Crippen molar-refractivity contribution in [2.24, 2.45) is 0 Å². The number of rotatable bonds is 3. The van der Waals surface area contributed by atoms with Crippen LogP contribution in [0.1, 0.15) is 22.8 Å². The van der Waals surface area contributed by atoms with Gasteiger partial charge in [-0.25, -0.2) is 0 Å². The van der Waals surface area contributed by atoms with E-state index in [1.165, 1.54) is 12.1 Å². The summed E-state index contributed by atoms with van der Waals surface area (Å²) in [5, 5.41) is 0. The van der Waals surface area contributed by atoms with Gasteiger partial charge in [0.15, 0.2) is 0 Å². The van der Waals surface area contributed by atoms with Crippen LogP contribution in [-0.2, 0) is 10.9 Å². The molecule has 0 radical (unpaired) electrons. The Morgan fingerprint density at radius 3 is 2.07 bits per heavy atom. The van der Waals surface area contributed by atoms with E-state index in [9.17, 15) is 13.2 Å². The average Bonchev–Trinajstić information content (AvgIpc) is 2.69. The van der Waals surface area contributed by atoms with Crippen molar-refractivity contribution in [2.45, 2.75) is 12.3 Å². The second kappa shape index (κ2) is 8.11. The van der Waals surface area contributed by atoms with Crippen LogP contribution in [0.5, 0.6) is 0 Å². The molecule has 0 heterocycles. The van der Waals surface area contributed by atoms with Crippen molar-refractivity contribution < 1.29 is 17.9 Å². The molecule has 3 aromatic carbocycles. The van der Waals surface area contributed by atoms with Crippen LogP contribution in [0, 0.1) is 11.8 Å². The van der Waals surface area contributed by atoms with Gasteiger partial charge in [0.05, 0.1) is 5.56 Å². The van der Waals surface area contributed by atoms with Gasteiger partial charge < -0.3 is 4.74 Å². The smallest absolute Gasteiger partial charge is 0.364 e. The molecule has 3 aromatic rings. The second-order valence-electron chi connectivity index (χ2n) is 5.91. The summed E-state index contributed by atoms with van der Waals surface area (Å²) in [6.45, 7) is 0. The SMILES string of the molecule is COC(C#Cc1ccc(C(F)(F)F)cc1)c1ccccc1-c1ccccc1. The van der Waals surface area contributed by atoms with Gasteiger partial charge in [-0.15, -0.1) is 0 Å². The monoisotopic (exact) mass is 366 g/mol. The van der Waals surface area contributed by atoms with Crippen LogP contribution >= 0.6 is 0 Å². The van der Waals surface area contributed by atoms with E-state index in [4.69, 9.17) is 4.74 Å². The summed E-state index contributed by atoms with van der Waals surface area (Å²) in [6, 6.07) is 22.5. The third kappa shape index (κ3) is 4.58. The van der Waals surface area contributed by atoms with Gasteiger partial charge in [-0.3, -0.25) is 0 Å². The lowest BCUT2D eigenvalue weighted by molar-refractivity contribution is -0.137. The number of benzene rings is 3. The van der Waals surface area contributed by atoms with Crippen LogP contribution in [0.2, 0.25) is 0 Å². The minimum atomic E-state index is -4.35. The predicted molar refractivity (Wildman–Crippen MR) is 100.0 cm³/mol. The van der Waals surface area contributed by atoms with Crippen molar-refractivity contribution in [1.82, 2.24) is 0 Å². The molecule has 0 aromatic heterocycles. The predicted octanol–water partition coefficient (Wildman–Crippen LogP) is 6.11. The number of hydrogen-bond acceptors (Lipinski definition) is 1. The van der Waals surface area contributed by atoms with Crippen LogP contribution < -0.4 is 0 Å². The number of ether oxygens (including phenoxy) is 1. The van der Waals surface area contributed by atoms with Crippen molar-refractivity contribution >= 4 is 0 Å². The molecule has 0 saturated carbocycles. The Labute approximate surface area is 156 Å². The molecule has 27 heavy (non-hydrogen) atoms. The summed E-state index contributed by atoms with van der Waals surface area (Å²) in [5.41, 5.74) is 2.77. The maximum Gasteiger partial charge on any atom is 0.416 e. The summed E-state index contributed by atoms with van der Waals surface area (Å²) in [6.07, 6.45) is -4.85. The van der Waals surface area contributed by atoms with Crippen LogP contribution in [0.15, 0.2) is 78.9 Å². The Morgan fingerprint density at radius 2 is 1.44 bits per heavy atom. The first kappa shape index (κ1) is 18.8. The molecular formula is C23H17F3O. The first-order chi connectivity index (χ1) is 13.0. The minimum Gasteiger partial charge on any atom is -0.364 e. The Kier molecular flexibility index (Phi) is 5.63. The molecule has 0 N–H and O–H groups in total. The minimum absolute atomic E-state index is 0.497. The topological polar surface area (TPSA) is 9.23 Å². The van der Waals surface area contributed by atoms with E-state index in [0.717, 1.165) is 28.8 Å². The highest BCUT2D eigenvalue weighted by atomic mass is 19.4. The lowest BCUT2D eigenvalue weighted by Gasteiger charge is -2.14. The quantitative estimate of drug-likeness (QED) is 0.508. The molecule has 0 aliphatic heterocycles. The van der Waals surface area contributed by atoms with Gasteiger partial charge >= 0.3 is 6.18 Å². The van der Waals surface area contributed by atoms with Crippen LogP contribution in [-0.4, -0.2) is 7.11 Å². The molecule has 3 rings (SSSR count). The van der Waals surface area contributed by atoms with Gasteiger partial charge in [0.1, 0.15) is 6.10 Å². The summed E-state index contributed by atoms with van der Waals surface area (Å²) in [4.78, 5) is 0. The highest BCUT2D eigenvalue weighted by Crippen LogP contribution is 2.30. The molecule has 0 amide bonds. The number of methoxy groups -OCH3 is 1. The van der Waals surface area contributed by atoms with E-state index in [0.29, 0.717) is 5.56 Å². The van der Waals surface area contributed by atoms with E-state index in [-0.39, 0.29) is 0 Å². The van der Waals surface area contributed by atoms with Crippen molar-refractivity contribution in [2.75, 3.05) is 7.11 Å². The summed E-state index contributed by atoms with van der Waals surface area (Å²) in [5.74, 6) is 5.93. The van der Waals surface area contributed by atoms with Crippen LogP contribution in [0.4, 0.5) is 13.2 Å². The normalized spacial score (nSPS) is 12.1. The molecule has 4 heteroatoms. The third-order valence-electron chi connectivity index (χ3n) is 4.12. The Morgan fingerprint density at radius 1 is 0.815 bits per heavy atom. The lowest BCUT2D eigenvalue weighted by Crippen LogP contribution is -2.04. The summed E-state index contributed by atoms with van der Waals surface area (Å²) >= 11 is 0. The largest absolute Gasteiger partial charge is 0.416 e. The van der Waals surface area contributed by atoms with E-state index >= 15 is 0 Å². The fraction of sp³-hybridized carbons (Fsp3) is 0.130. The zero-order valence-corrected chi connectivity index (χ0v) is 14.6. The van der Waals surface area contributed by atoms with Gasteiger partial charge in [0, 0.05) is 18.2 Å². The highest BCUT2D eigenvalue weighted by molar-refractivity contribution is 5.68. The van der Waals surface area contributed by atoms with E-state index in [1.54, 1.807) is 7.11 Å². The lowest BCUT2D eigenvalue weighted by atomic mass is 9.96. The third-order valence-corrected chi connectivity index (χ3v) is 4.12. The molecule has 1 unspecified atom stereocenters. The molecular weight excluding hydrogens is 349 g/mol. The van der Waals surface area contributed by atoms with Crippen molar-refractivity contribution in [3.63, 3.8) is 0 Å². The van der Waals surface area contributed by atoms with Crippen LogP contribution in [0.3, 0.4) is 0 Å². The zero-order chi connectivity index (χ0) is 19.3. The van der Waals surface area contributed by atoms with Crippen molar-refractivity contribution in [3.05, 3.63) is 95.6 Å². The Balaban J connectivity index is 1.91. The summed E-state index contributed by atoms with van der Waals surface area (Å²) < 4.78 is 43.5. The Hall–Kier alpha value is -3.03. The van der Waals surface area contributed by atoms with Crippen molar-refractivity contribution in [1.29, 1.82) is 0 Å². The molecule has 0 saturated heterocycles. The van der Waals surface area contributed by atoms with Gasteiger partial charge in [0.25, 0.3) is 0 Å². The van der Waals surface area contributed by atoms with Crippen LogP contribution in [0.25, 0.3) is 11.1 Å². The molecule has 0 aliphatic carbocycles. The molecule has 136 valence electrons. The fourth-order valence-electron chi connectivity index (χ4n) is 2.76. The first-order valence-corrected chi connectivity index (χ1v) is 8.35. The molecule has 0 fully saturated rings. The fourth-order valence-corrected chi connectivity index (χ4v) is 2.76. The van der Waals surface area contributed by atoms with Gasteiger partial charge in [-0.2, -0.15) is 13.2 Å². The van der Waals surface area contributed by atoms with E-state index in [2.05, 4.69) is 11.8 Å².